The van der Waals surface area contributed by atoms with E-state index >= 15 is 0 Å². The number of nitrogens with zero attached hydrogens (tertiary/aromatic N) is 4. The summed E-state index contributed by atoms with van der Waals surface area (Å²) in [6.45, 7) is 1.37. The van der Waals surface area contributed by atoms with E-state index in [1.165, 1.54) is 5.56 Å². The van der Waals surface area contributed by atoms with Gasteiger partial charge in [0.25, 0.3) is 0 Å². The standard InChI is InChI=1S/C18H25N5.HI/c1-22(2)17-11-10-16(13-19-17)14-21-18(23(3)4)20-12-15-8-6-5-7-9-15;/h5-11,13H,12,14H2,1-4H3,(H,20,21);1H. The lowest BCUT2D eigenvalue weighted by molar-refractivity contribution is 0.578. The van der Waals surface area contributed by atoms with Gasteiger partial charge in [0.15, 0.2) is 5.96 Å². The molecule has 6 heteroatoms. The predicted octanol–water partition coefficient (Wildman–Crippen LogP) is 2.97. The molecule has 0 unspecified atom stereocenters. The number of nitrogens with one attached hydrogen (secondary N) is 1. The molecule has 0 aliphatic heterocycles. The van der Waals surface area contributed by atoms with E-state index in [1.807, 2.05) is 68.5 Å². The van der Waals surface area contributed by atoms with E-state index in [0.717, 1.165) is 23.9 Å². The molecule has 0 aliphatic carbocycles. The first-order valence-electron chi connectivity index (χ1n) is 7.68. The molecule has 0 spiro atoms. The zero-order valence-corrected chi connectivity index (χ0v) is 17.1. The maximum Gasteiger partial charge on any atom is 0.194 e. The van der Waals surface area contributed by atoms with Gasteiger partial charge in [0, 0.05) is 40.9 Å². The van der Waals surface area contributed by atoms with Gasteiger partial charge < -0.3 is 15.1 Å². The van der Waals surface area contributed by atoms with Crippen LogP contribution in [0.15, 0.2) is 53.7 Å². The van der Waals surface area contributed by atoms with Crippen LogP contribution in [0.1, 0.15) is 11.1 Å². The molecule has 2 rings (SSSR count). The Morgan fingerprint density at radius 1 is 1.00 bits per heavy atom. The largest absolute Gasteiger partial charge is 0.363 e. The van der Waals surface area contributed by atoms with Crippen molar-refractivity contribution >= 4 is 35.8 Å². The summed E-state index contributed by atoms with van der Waals surface area (Å²) in [4.78, 5) is 13.1. The number of anilines is 1. The van der Waals surface area contributed by atoms with Crippen LogP contribution in [0.4, 0.5) is 5.82 Å². The molecule has 5 nitrogen and oxygen atoms in total. The average Bonchev–Trinajstić information content (AvgIpc) is 2.56. The first-order chi connectivity index (χ1) is 11.1. The first-order valence-corrected chi connectivity index (χ1v) is 7.68. The van der Waals surface area contributed by atoms with Crippen LogP contribution in [-0.4, -0.2) is 44.0 Å². The van der Waals surface area contributed by atoms with E-state index in [-0.39, 0.29) is 24.0 Å². The molecule has 0 bridgehead atoms. The number of aliphatic imine (C=N–C) groups is 1. The highest BCUT2D eigenvalue weighted by Gasteiger charge is 2.03. The molecular weight excluding hydrogens is 413 g/mol. The highest BCUT2D eigenvalue weighted by atomic mass is 127. The Labute approximate surface area is 161 Å². The van der Waals surface area contributed by atoms with Crippen molar-refractivity contribution in [1.29, 1.82) is 0 Å². The van der Waals surface area contributed by atoms with Crippen molar-refractivity contribution in [3.05, 3.63) is 59.8 Å². The third-order valence-corrected chi connectivity index (χ3v) is 3.40. The number of aromatic nitrogens is 1. The van der Waals surface area contributed by atoms with Crippen molar-refractivity contribution in [3.63, 3.8) is 0 Å². The zero-order valence-electron chi connectivity index (χ0n) is 14.7. The number of hydrogen-bond donors (Lipinski definition) is 1. The van der Waals surface area contributed by atoms with E-state index in [4.69, 9.17) is 0 Å². The second kappa shape index (κ2) is 10.1. The van der Waals surface area contributed by atoms with E-state index in [2.05, 4.69) is 33.5 Å². The molecule has 1 aromatic heterocycles. The predicted molar refractivity (Wildman–Crippen MR) is 112 cm³/mol. The van der Waals surface area contributed by atoms with Gasteiger partial charge in [0.2, 0.25) is 0 Å². The molecule has 0 radical (unpaired) electrons. The molecule has 0 saturated carbocycles. The van der Waals surface area contributed by atoms with Crippen LogP contribution < -0.4 is 10.2 Å². The Hall–Kier alpha value is -1.83. The summed E-state index contributed by atoms with van der Waals surface area (Å²) in [6, 6.07) is 14.4. The van der Waals surface area contributed by atoms with Crippen molar-refractivity contribution < 1.29 is 0 Å². The van der Waals surface area contributed by atoms with Crippen LogP contribution in [0.25, 0.3) is 0 Å². The highest BCUT2D eigenvalue weighted by molar-refractivity contribution is 14.0. The van der Waals surface area contributed by atoms with Gasteiger partial charge in [0.1, 0.15) is 5.82 Å². The van der Waals surface area contributed by atoms with Crippen molar-refractivity contribution in [3.8, 4) is 0 Å². The van der Waals surface area contributed by atoms with Crippen molar-refractivity contribution in [2.75, 3.05) is 33.1 Å². The van der Waals surface area contributed by atoms with Gasteiger partial charge in [-0.2, -0.15) is 0 Å². The average molecular weight is 439 g/mol. The van der Waals surface area contributed by atoms with Gasteiger partial charge in [-0.1, -0.05) is 36.4 Å². The molecule has 1 heterocycles. The van der Waals surface area contributed by atoms with Gasteiger partial charge in [-0.15, -0.1) is 24.0 Å². The van der Waals surface area contributed by atoms with Crippen molar-refractivity contribution in [1.82, 2.24) is 15.2 Å². The molecule has 0 amide bonds. The lowest BCUT2D eigenvalue weighted by atomic mass is 10.2. The Morgan fingerprint density at radius 3 is 2.25 bits per heavy atom. The van der Waals surface area contributed by atoms with E-state index < -0.39 is 0 Å². The number of guanidine groups is 1. The lowest BCUT2D eigenvalue weighted by Crippen LogP contribution is -2.36. The van der Waals surface area contributed by atoms with E-state index in [1.54, 1.807) is 0 Å². The van der Waals surface area contributed by atoms with Crippen LogP contribution in [0.5, 0.6) is 0 Å². The molecular formula is C18H26IN5. The Morgan fingerprint density at radius 2 is 1.71 bits per heavy atom. The molecule has 0 aliphatic rings. The Bertz CT molecular complexity index is 624. The van der Waals surface area contributed by atoms with Crippen LogP contribution >= 0.6 is 24.0 Å². The summed E-state index contributed by atoms with van der Waals surface area (Å²) in [5, 5.41) is 3.38. The third kappa shape index (κ3) is 6.35. The second-order valence-electron chi connectivity index (χ2n) is 5.79. The molecule has 0 saturated heterocycles. The Kier molecular flexibility index (Phi) is 8.53. The Balaban J connectivity index is 0.00000288. The number of hydrogen-bond acceptors (Lipinski definition) is 3. The number of benzene rings is 1. The third-order valence-electron chi connectivity index (χ3n) is 3.40. The molecule has 130 valence electrons. The number of halogens is 1. The molecule has 1 aromatic carbocycles. The summed E-state index contributed by atoms with van der Waals surface area (Å²) >= 11 is 0. The smallest absolute Gasteiger partial charge is 0.194 e. The fourth-order valence-electron chi connectivity index (χ4n) is 2.07. The highest BCUT2D eigenvalue weighted by Crippen LogP contribution is 2.08. The van der Waals surface area contributed by atoms with E-state index in [0.29, 0.717) is 6.54 Å². The minimum atomic E-state index is 0. The minimum Gasteiger partial charge on any atom is -0.363 e. The summed E-state index contributed by atoms with van der Waals surface area (Å²) in [5.41, 5.74) is 2.33. The fourth-order valence-corrected chi connectivity index (χ4v) is 2.07. The molecule has 0 atom stereocenters. The van der Waals surface area contributed by atoms with Crippen LogP contribution in [0.2, 0.25) is 0 Å². The number of rotatable bonds is 5. The van der Waals surface area contributed by atoms with E-state index in [9.17, 15) is 0 Å². The van der Waals surface area contributed by atoms with Crippen LogP contribution in [0.3, 0.4) is 0 Å². The molecule has 24 heavy (non-hydrogen) atoms. The maximum atomic E-state index is 4.66. The van der Waals surface area contributed by atoms with Gasteiger partial charge >= 0.3 is 0 Å². The van der Waals surface area contributed by atoms with Crippen molar-refractivity contribution in [2.24, 2.45) is 4.99 Å². The monoisotopic (exact) mass is 439 g/mol. The maximum absolute atomic E-state index is 4.66. The van der Waals surface area contributed by atoms with Gasteiger partial charge in [-0.3, -0.25) is 0 Å². The molecule has 1 N–H and O–H groups in total. The first kappa shape index (κ1) is 20.2. The van der Waals surface area contributed by atoms with Crippen LogP contribution in [-0.2, 0) is 13.1 Å². The topological polar surface area (TPSA) is 43.8 Å². The quantitative estimate of drug-likeness (QED) is 0.442. The van der Waals surface area contributed by atoms with Gasteiger partial charge in [-0.05, 0) is 17.2 Å². The zero-order chi connectivity index (χ0) is 16.7. The molecule has 0 fully saturated rings. The summed E-state index contributed by atoms with van der Waals surface area (Å²) in [7, 11) is 7.95. The summed E-state index contributed by atoms with van der Waals surface area (Å²) in [5.74, 6) is 1.82. The van der Waals surface area contributed by atoms with Crippen LogP contribution in [0, 0.1) is 0 Å². The lowest BCUT2D eigenvalue weighted by Gasteiger charge is -2.18. The second-order valence-corrected chi connectivity index (χ2v) is 5.79. The van der Waals surface area contributed by atoms with Crippen molar-refractivity contribution in [2.45, 2.75) is 13.1 Å². The number of pyridine rings is 1. The summed E-state index contributed by atoms with van der Waals surface area (Å²) in [6.07, 6.45) is 1.88. The SMILES string of the molecule is CN(C)C(=NCc1ccc(N(C)C)nc1)NCc1ccccc1.I. The minimum absolute atomic E-state index is 0. The normalized spacial score (nSPS) is 10.8. The summed E-state index contributed by atoms with van der Waals surface area (Å²) < 4.78 is 0. The van der Waals surface area contributed by atoms with Gasteiger partial charge in [-0.25, -0.2) is 9.98 Å². The molecule has 2 aromatic rings. The fraction of sp³-hybridized carbons (Fsp3) is 0.333. The van der Waals surface area contributed by atoms with Gasteiger partial charge in [0.05, 0.1) is 6.54 Å².